The van der Waals surface area contributed by atoms with Gasteiger partial charge in [-0.15, -0.1) is 0 Å². The average molecular weight is 491 g/mol. The number of hydrogen-bond acceptors (Lipinski definition) is 9. The fourth-order valence-electron chi connectivity index (χ4n) is 3.46. The second kappa shape index (κ2) is 8.81. The summed E-state index contributed by atoms with van der Waals surface area (Å²) >= 11 is 0. The van der Waals surface area contributed by atoms with Gasteiger partial charge in [-0.05, 0) is 36.4 Å². The zero-order chi connectivity index (χ0) is 25.3. The Morgan fingerprint density at radius 1 is 1.03 bits per heavy atom. The van der Waals surface area contributed by atoms with E-state index in [1.807, 2.05) is 0 Å². The topological polar surface area (TPSA) is 174 Å². The Balaban J connectivity index is 1.50. The summed E-state index contributed by atoms with van der Waals surface area (Å²) in [5.41, 5.74) is -0.759. The molecule has 1 aliphatic rings. The van der Waals surface area contributed by atoms with Crippen LogP contribution in [0.15, 0.2) is 70.5 Å². The van der Waals surface area contributed by atoms with Crippen molar-refractivity contribution in [2.45, 2.75) is 9.79 Å². The highest BCUT2D eigenvalue weighted by molar-refractivity contribution is 7.91. The zero-order valence-corrected chi connectivity index (χ0v) is 18.4. The van der Waals surface area contributed by atoms with Crippen LogP contribution in [0.4, 0.5) is 11.4 Å². The summed E-state index contributed by atoms with van der Waals surface area (Å²) < 4.78 is 30.9. The van der Waals surface area contributed by atoms with Crippen molar-refractivity contribution in [1.29, 1.82) is 5.26 Å². The van der Waals surface area contributed by atoms with Gasteiger partial charge in [0.1, 0.15) is 6.07 Å². The molecule has 0 spiro atoms. The first-order valence-electron chi connectivity index (χ1n) is 9.82. The van der Waals surface area contributed by atoms with Crippen LogP contribution in [0.1, 0.15) is 31.8 Å². The number of anilines is 1. The normalized spacial score (nSPS) is 13.1. The molecule has 0 saturated carbocycles. The highest BCUT2D eigenvalue weighted by Crippen LogP contribution is 2.34. The number of nitrogens with one attached hydrogen (secondary N) is 1. The van der Waals surface area contributed by atoms with Crippen molar-refractivity contribution in [2.75, 3.05) is 11.9 Å². The SMILES string of the molecule is N#Cc1cc([N+](=O)[O-])ccc1NC(=O)COC(=O)c1ccc2c(c1)S(=O)(=O)c1ccccc1C2=O. The van der Waals surface area contributed by atoms with Crippen LogP contribution in [0.25, 0.3) is 0 Å². The highest BCUT2D eigenvalue weighted by atomic mass is 32.2. The molecular weight excluding hydrogens is 478 g/mol. The van der Waals surface area contributed by atoms with E-state index in [1.165, 1.54) is 36.4 Å². The highest BCUT2D eigenvalue weighted by Gasteiger charge is 2.35. The van der Waals surface area contributed by atoms with Gasteiger partial charge in [0.05, 0.1) is 31.5 Å². The van der Waals surface area contributed by atoms with Gasteiger partial charge in [-0.25, -0.2) is 13.2 Å². The third-order valence-electron chi connectivity index (χ3n) is 5.12. The fourth-order valence-corrected chi connectivity index (χ4v) is 5.14. The molecular formula is C23H13N3O8S. The molecule has 12 heteroatoms. The monoisotopic (exact) mass is 491 g/mol. The third kappa shape index (κ3) is 4.23. The summed E-state index contributed by atoms with van der Waals surface area (Å²) in [6.07, 6.45) is 0. The standard InChI is InChI=1S/C23H13N3O8S/c24-11-14-9-15(26(30)31)6-8-18(14)25-21(27)12-34-23(29)13-5-7-17-20(10-13)35(32,33)19-4-2-1-3-16(19)22(17)28/h1-10H,12H2,(H,25,27). The van der Waals surface area contributed by atoms with E-state index in [9.17, 15) is 32.9 Å². The number of nitrogens with zero attached hydrogens (tertiary/aromatic N) is 2. The number of ketones is 1. The molecule has 1 heterocycles. The lowest BCUT2D eigenvalue weighted by Crippen LogP contribution is -2.23. The Hall–Kier alpha value is -4.89. The summed E-state index contributed by atoms with van der Waals surface area (Å²) in [7, 11) is -4.07. The van der Waals surface area contributed by atoms with E-state index in [-0.39, 0.29) is 43.4 Å². The van der Waals surface area contributed by atoms with Crippen molar-refractivity contribution in [3.05, 3.63) is 93.0 Å². The van der Waals surface area contributed by atoms with Crippen molar-refractivity contribution in [3.63, 3.8) is 0 Å². The maximum absolute atomic E-state index is 13.0. The van der Waals surface area contributed by atoms with Gasteiger partial charge >= 0.3 is 5.97 Å². The number of nitro benzene ring substituents is 1. The molecule has 0 aliphatic carbocycles. The van der Waals surface area contributed by atoms with Gasteiger partial charge in [-0.3, -0.25) is 19.7 Å². The number of fused-ring (bicyclic) bond motifs is 2. The predicted octanol–water partition coefficient (Wildman–Crippen LogP) is 2.64. The number of ether oxygens (including phenoxy) is 1. The largest absolute Gasteiger partial charge is 0.452 e. The minimum atomic E-state index is -4.07. The number of esters is 1. The number of nitro groups is 1. The molecule has 0 aromatic heterocycles. The van der Waals surface area contributed by atoms with Gasteiger partial charge in [-0.1, -0.05) is 12.1 Å². The van der Waals surface area contributed by atoms with Gasteiger partial charge in [0.2, 0.25) is 9.84 Å². The summed E-state index contributed by atoms with van der Waals surface area (Å²) in [5.74, 6) is -2.35. The minimum Gasteiger partial charge on any atom is -0.452 e. The van der Waals surface area contributed by atoms with Crippen LogP contribution >= 0.6 is 0 Å². The lowest BCUT2D eigenvalue weighted by atomic mass is 10.0. The summed E-state index contributed by atoms with van der Waals surface area (Å²) in [5, 5.41) is 22.3. The molecule has 1 amide bonds. The van der Waals surface area contributed by atoms with Crippen LogP contribution in [0.5, 0.6) is 0 Å². The van der Waals surface area contributed by atoms with E-state index in [4.69, 9.17) is 10.00 Å². The van der Waals surface area contributed by atoms with E-state index in [1.54, 1.807) is 12.1 Å². The molecule has 11 nitrogen and oxygen atoms in total. The lowest BCUT2D eigenvalue weighted by Gasteiger charge is -2.19. The molecule has 1 N–H and O–H groups in total. The van der Waals surface area contributed by atoms with Gasteiger partial charge in [0.15, 0.2) is 12.4 Å². The molecule has 0 atom stereocenters. The maximum Gasteiger partial charge on any atom is 0.338 e. The number of benzene rings is 3. The predicted molar refractivity (Wildman–Crippen MR) is 118 cm³/mol. The molecule has 0 unspecified atom stereocenters. The van der Waals surface area contributed by atoms with Crippen molar-refractivity contribution < 1.29 is 32.5 Å². The van der Waals surface area contributed by atoms with Gasteiger partial charge in [0.25, 0.3) is 11.6 Å². The van der Waals surface area contributed by atoms with Crippen molar-refractivity contribution >= 4 is 38.9 Å². The number of hydrogen-bond donors (Lipinski definition) is 1. The first-order chi connectivity index (χ1) is 16.6. The second-order valence-corrected chi connectivity index (χ2v) is 9.15. The summed E-state index contributed by atoms with van der Waals surface area (Å²) in [6.45, 7) is -0.785. The van der Waals surface area contributed by atoms with E-state index in [0.29, 0.717) is 0 Å². The molecule has 0 saturated heterocycles. The number of non-ortho nitro benzene ring substituents is 1. The Labute approximate surface area is 197 Å². The number of amides is 1. The van der Waals surface area contributed by atoms with Crippen molar-refractivity contribution in [2.24, 2.45) is 0 Å². The molecule has 3 aromatic carbocycles. The number of carbonyl (C=O) groups excluding carboxylic acids is 3. The molecule has 35 heavy (non-hydrogen) atoms. The summed E-state index contributed by atoms with van der Waals surface area (Å²) in [4.78, 5) is 46.9. The average Bonchev–Trinajstić information content (AvgIpc) is 2.86. The molecule has 4 rings (SSSR count). The Kier molecular flexibility index (Phi) is 5.86. The maximum atomic E-state index is 13.0. The molecule has 1 aliphatic heterocycles. The number of nitriles is 1. The molecule has 0 fully saturated rings. The summed E-state index contributed by atoms with van der Waals surface area (Å²) in [6, 6.07) is 14.1. The van der Waals surface area contributed by atoms with Gasteiger partial charge < -0.3 is 10.1 Å². The third-order valence-corrected chi connectivity index (χ3v) is 6.97. The lowest BCUT2D eigenvalue weighted by molar-refractivity contribution is -0.384. The van der Waals surface area contributed by atoms with Crippen LogP contribution in [0.3, 0.4) is 0 Å². The van der Waals surface area contributed by atoms with Crippen molar-refractivity contribution in [1.82, 2.24) is 0 Å². The first kappa shape index (κ1) is 23.3. The Morgan fingerprint density at radius 3 is 2.46 bits per heavy atom. The van der Waals surface area contributed by atoms with E-state index < -0.39 is 39.0 Å². The van der Waals surface area contributed by atoms with Gasteiger partial charge in [-0.2, -0.15) is 5.26 Å². The molecule has 174 valence electrons. The smallest absolute Gasteiger partial charge is 0.338 e. The van der Waals surface area contributed by atoms with Crippen LogP contribution in [-0.2, 0) is 19.4 Å². The van der Waals surface area contributed by atoms with E-state index in [0.717, 1.165) is 18.2 Å². The number of rotatable bonds is 5. The zero-order valence-electron chi connectivity index (χ0n) is 17.5. The molecule has 0 radical (unpaired) electrons. The van der Waals surface area contributed by atoms with Crippen LogP contribution in [0, 0.1) is 21.4 Å². The number of sulfone groups is 1. The molecule has 3 aromatic rings. The first-order valence-corrected chi connectivity index (χ1v) is 11.3. The van der Waals surface area contributed by atoms with Gasteiger partial charge in [0, 0.05) is 23.3 Å². The minimum absolute atomic E-state index is 0.0174. The van der Waals surface area contributed by atoms with Crippen molar-refractivity contribution in [3.8, 4) is 6.07 Å². The fraction of sp³-hybridized carbons (Fsp3) is 0.0435. The van der Waals surface area contributed by atoms with E-state index in [2.05, 4.69) is 5.32 Å². The Bertz CT molecular complexity index is 1590. The molecule has 0 bridgehead atoms. The van der Waals surface area contributed by atoms with Crippen LogP contribution in [-0.4, -0.2) is 37.6 Å². The quantitative estimate of drug-likeness (QED) is 0.250. The van der Waals surface area contributed by atoms with Crippen LogP contribution < -0.4 is 5.32 Å². The van der Waals surface area contributed by atoms with E-state index >= 15 is 0 Å². The van der Waals surface area contributed by atoms with Crippen LogP contribution in [0.2, 0.25) is 0 Å². The number of carbonyl (C=O) groups is 3. The Morgan fingerprint density at radius 2 is 1.74 bits per heavy atom. The second-order valence-electron chi connectivity index (χ2n) is 7.26.